The molecule has 0 saturated carbocycles. The van der Waals surface area contributed by atoms with E-state index in [4.69, 9.17) is 9.47 Å². The van der Waals surface area contributed by atoms with E-state index in [2.05, 4.69) is 0 Å². The van der Waals surface area contributed by atoms with Gasteiger partial charge in [0.15, 0.2) is 0 Å². The molecule has 110 valence electrons. The lowest BCUT2D eigenvalue weighted by molar-refractivity contribution is -0.150. The Morgan fingerprint density at radius 2 is 1.95 bits per heavy atom. The number of ether oxygens (including phenoxy) is 2. The summed E-state index contributed by atoms with van der Waals surface area (Å²) >= 11 is 0. The number of carbonyl (C=O) groups is 2. The van der Waals surface area contributed by atoms with Gasteiger partial charge in [-0.15, -0.1) is 0 Å². The van der Waals surface area contributed by atoms with E-state index in [1.54, 1.807) is 11.8 Å². The second-order valence-electron chi connectivity index (χ2n) is 6.00. The van der Waals surface area contributed by atoms with Crippen molar-refractivity contribution in [2.24, 2.45) is 5.92 Å². The van der Waals surface area contributed by atoms with Gasteiger partial charge in [0.2, 0.25) is 0 Å². The molecule has 19 heavy (non-hydrogen) atoms. The van der Waals surface area contributed by atoms with E-state index in [0.29, 0.717) is 26.0 Å². The summed E-state index contributed by atoms with van der Waals surface area (Å²) in [6.07, 6.45) is 0.975. The Labute approximate surface area is 115 Å². The molecule has 1 aliphatic heterocycles. The first-order valence-corrected chi connectivity index (χ1v) is 6.91. The molecule has 1 rings (SSSR count). The van der Waals surface area contributed by atoms with Crippen molar-refractivity contribution in [3.8, 4) is 0 Å². The molecule has 5 nitrogen and oxygen atoms in total. The summed E-state index contributed by atoms with van der Waals surface area (Å²) in [6.45, 7) is 10.2. The summed E-state index contributed by atoms with van der Waals surface area (Å²) < 4.78 is 10.4. The molecule has 0 aromatic heterocycles. The summed E-state index contributed by atoms with van der Waals surface area (Å²) in [4.78, 5) is 25.4. The van der Waals surface area contributed by atoms with Gasteiger partial charge < -0.3 is 14.4 Å². The zero-order valence-electron chi connectivity index (χ0n) is 12.6. The van der Waals surface area contributed by atoms with E-state index in [1.807, 2.05) is 27.7 Å². The van der Waals surface area contributed by atoms with Crippen molar-refractivity contribution in [2.75, 3.05) is 13.2 Å². The monoisotopic (exact) mass is 271 g/mol. The van der Waals surface area contributed by atoms with Crippen LogP contribution in [0.2, 0.25) is 0 Å². The smallest absolute Gasteiger partial charge is 0.410 e. The standard InChI is InChI=1S/C14H25NO4/c1-6-18-12(16)11-7-8-15(10(2)9-11)13(17)19-14(3,4)5/h10-11H,6-9H2,1-5H3. The van der Waals surface area contributed by atoms with Crippen LogP contribution in [0.3, 0.4) is 0 Å². The zero-order chi connectivity index (χ0) is 14.6. The highest BCUT2D eigenvalue weighted by Gasteiger charge is 2.34. The van der Waals surface area contributed by atoms with E-state index < -0.39 is 5.60 Å². The molecule has 0 N–H and O–H groups in total. The van der Waals surface area contributed by atoms with Crippen molar-refractivity contribution in [1.82, 2.24) is 4.90 Å². The summed E-state index contributed by atoms with van der Waals surface area (Å²) in [5, 5.41) is 0. The molecule has 0 bridgehead atoms. The van der Waals surface area contributed by atoms with E-state index >= 15 is 0 Å². The fourth-order valence-corrected chi connectivity index (χ4v) is 2.24. The van der Waals surface area contributed by atoms with Gasteiger partial charge in [0.05, 0.1) is 12.5 Å². The first kappa shape index (κ1) is 15.8. The topological polar surface area (TPSA) is 55.8 Å². The Kier molecular flexibility index (Phi) is 5.20. The Hall–Kier alpha value is -1.26. The number of likely N-dealkylation sites (tertiary alicyclic amines) is 1. The molecular formula is C14H25NO4. The van der Waals surface area contributed by atoms with E-state index in [0.717, 1.165) is 0 Å². The lowest BCUT2D eigenvalue weighted by Gasteiger charge is -2.37. The highest BCUT2D eigenvalue weighted by atomic mass is 16.6. The molecule has 1 aliphatic rings. The maximum atomic E-state index is 12.0. The Bertz CT molecular complexity index is 335. The van der Waals surface area contributed by atoms with Gasteiger partial charge in [-0.3, -0.25) is 4.79 Å². The maximum absolute atomic E-state index is 12.0. The van der Waals surface area contributed by atoms with Gasteiger partial charge in [-0.2, -0.15) is 0 Å². The molecule has 1 saturated heterocycles. The van der Waals surface area contributed by atoms with Gasteiger partial charge in [0.1, 0.15) is 5.60 Å². The van der Waals surface area contributed by atoms with Gasteiger partial charge in [0.25, 0.3) is 0 Å². The number of nitrogens with zero attached hydrogens (tertiary/aromatic N) is 1. The van der Waals surface area contributed by atoms with Crippen LogP contribution in [-0.2, 0) is 14.3 Å². The molecule has 1 fully saturated rings. The first-order chi connectivity index (χ1) is 8.74. The fraction of sp³-hybridized carbons (Fsp3) is 0.857. The summed E-state index contributed by atoms with van der Waals surface area (Å²) in [5.74, 6) is -0.258. The fourth-order valence-electron chi connectivity index (χ4n) is 2.24. The number of piperidine rings is 1. The molecule has 1 heterocycles. The predicted octanol–water partition coefficient (Wildman–Crippen LogP) is 2.59. The second-order valence-corrected chi connectivity index (χ2v) is 6.00. The maximum Gasteiger partial charge on any atom is 0.410 e. The van der Waals surface area contributed by atoms with Crippen molar-refractivity contribution in [1.29, 1.82) is 0 Å². The van der Waals surface area contributed by atoms with Crippen molar-refractivity contribution in [2.45, 2.75) is 59.1 Å². The minimum atomic E-state index is -0.491. The highest BCUT2D eigenvalue weighted by Crippen LogP contribution is 2.25. The molecule has 5 heteroatoms. The van der Waals surface area contributed by atoms with Crippen LogP contribution in [0.15, 0.2) is 0 Å². The van der Waals surface area contributed by atoms with Crippen LogP contribution in [0.4, 0.5) is 4.79 Å². The predicted molar refractivity (Wildman–Crippen MR) is 71.8 cm³/mol. The van der Waals surface area contributed by atoms with Gasteiger partial charge >= 0.3 is 12.1 Å². The molecule has 0 radical (unpaired) electrons. The average Bonchev–Trinajstić information content (AvgIpc) is 2.26. The largest absolute Gasteiger partial charge is 0.466 e. The van der Waals surface area contributed by atoms with Crippen LogP contribution in [0.5, 0.6) is 0 Å². The van der Waals surface area contributed by atoms with Crippen LogP contribution < -0.4 is 0 Å². The lowest BCUT2D eigenvalue weighted by atomic mass is 9.92. The third kappa shape index (κ3) is 4.73. The lowest BCUT2D eigenvalue weighted by Crippen LogP contribution is -2.48. The van der Waals surface area contributed by atoms with Gasteiger partial charge in [-0.1, -0.05) is 0 Å². The summed E-state index contributed by atoms with van der Waals surface area (Å²) in [5.41, 5.74) is -0.491. The Morgan fingerprint density at radius 3 is 2.42 bits per heavy atom. The van der Waals surface area contributed by atoms with E-state index in [-0.39, 0.29) is 24.0 Å². The SMILES string of the molecule is CCOC(=O)C1CCN(C(=O)OC(C)(C)C)C(C)C1. The van der Waals surface area contributed by atoms with Crippen LogP contribution >= 0.6 is 0 Å². The Balaban J connectivity index is 2.55. The van der Waals surface area contributed by atoms with Crippen molar-refractivity contribution >= 4 is 12.1 Å². The van der Waals surface area contributed by atoms with Crippen LogP contribution in [0.25, 0.3) is 0 Å². The summed E-state index contributed by atoms with van der Waals surface area (Å²) in [6, 6.07) is -0.00185. The number of hydrogen-bond acceptors (Lipinski definition) is 4. The summed E-state index contributed by atoms with van der Waals surface area (Å²) in [7, 11) is 0. The number of esters is 1. The quantitative estimate of drug-likeness (QED) is 0.724. The van der Waals surface area contributed by atoms with Gasteiger partial charge in [0, 0.05) is 12.6 Å². The normalized spacial score (nSPS) is 23.9. The number of carbonyl (C=O) groups excluding carboxylic acids is 2. The van der Waals surface area contributed by atoms with Crippen molar-refractivity contribution in [3.05, 3.63) is 0 Å². The van der Waals surface area contributed by atoms with Crippen molar-refractivity contribution < 1.29 is 19.1 Å². The van der Waals surface area contributed by atoms with Crippen molar-refractivity contribution in [3.63, 3.8) is 0 Å². The first-order valence-electron chi connectivity index (χ1n) is 6.91. The van der Waals surface area contributed by atoms with Crippen LogP contribution in [0.1, 0.15) is 47.5 Å². The highest BCUT2D eigenvalue weighted by molar-refractivity contribution is 5.74. The molecule has 0 aromatic carbocycles. The number of rotatable bonds is 2. The molecule has 0 aliphatic carbocycles. The van der Waals surface area contributed by atoms with Crippen LogP contribution in [0, 0.1) is 5.92 Å². The van der Waals surface area contributed by atoms with E-state index in [9.17, 15) is 9.59 Å². The van der Waals surface area contributed by atoms with Gasteiger partial charge in [-0.25, -0.2) is 4.79 Å². The molecular weight excluding hydrogens is 246 g/mol. The molecule has 2 unspecified atom stereocenters. The van der Waals surface area contributed by atoms with Crippen LogP contribution in [-0.4, -0.2) is 41.8 Å². The third-order valence-electron chi connectivity index (χ3n) is 3.12. The minimum Gasteiger partial charge on any atom is -0.466 e. The average molecular weight is 271 g/mol. The molecule has 1 amide bonds. The Morgan fingerprint density at radius 1 is 1.32 bits per heavy atom. The molecule has 0 aromatic rings. The number of hydrogen-bond donors (Lipinski definition) is 0. The second kappa shape index (κ2) is 6.26. The third-order valence-corrected chi connectivity index (χ3v) is 3.12. The molecule has 2 atom stereocenters. The molecule has 0 spiro atoms. The number of amides is 1. The van der Waals surface area contributed by atoms with Gasteiger partial charge in [-0.05, 0) is 47.5 Å². The minimum absolute atomic E-state index is 0.00185. The zero-order valence-corrected chi connectivity index (χ0v) is 12.6. The van der Waals surface area contributed by atoms with E-state index in [1.165, 1.54) is 0 Å².